The number of urea groups is 1. The van der Waals surface area contributed by atoms with Gasteiger partial charge in [0.05, 0.1) is 11.6 Å². The Morgan fingerprint density at radius 2 is 2.10 bits per heavy atom. The second kappa shape index (κ2) is 6.13. The zero-order valence-electron chi connectivity index (χ0n) is 12.2. The monoisotopic (exact) mass is 292 g/mol. The lowest BCUT2D eigenvalue weighted by Gasteiger charge is -2.32. The average molecular weight is 292 g/mol. The maximum atomic E-state index is 12.5. The summed E-state index contributed by atoms with van der Waals surface area (Å²) in [6.07, 6.45) is 0.596. The fourth-order valence-electron chi connectivity index (χ4n) is 2.33. The summed E-state index contributed by atoms with van der Waals surface area (Å²) < 4.78 is 5.49. The number of rotatable bonds is 4. The molecule has 1 aliphatic rings. The smallest absolute Gasteiger partial charge is 0.323 e. The van der Waals surface area contributed by atoms with Crippen molar-refractivity contribution in [1.29, 1.82) is 0 Å². The molecule has 1 fully saturated rings. The molecule has 1 aliphatic heterocycles. The third-order valence-electron chi connectivity index (χ3n) is 3.89. The number of carbonyl (C=O) groups excluding carboxylic acids is 1. The first-order chi connectivity index (χ1) is 9.92. The van der Waals surface area contributed by atoms with Gasteiger partial charge in [-0.1, -0.05) is 18.2 Å². The van der Waals surface area contributed by atoms with Crippen LogP contribution in [0.1, 0.15) is 20.3 Å². The normalized spacial score (nSPS) is 24.6. The molecule has 1 aromatic rings. The Balaban J connectivity index is 2.17. The van der Waals surface area contributed by atoms with Crippen molar-refractivity contribution in [1.82, 2.24) is 5.32 Å². The van der Waals surface area contributed by atoms with E-state index in [0.29, 0.717) is 18.7 Å². The summed E-state index contributed by atoms with van der Waals surface area (Å²) in [6, 6.07) is 8.33. The van der Waals surface area contributed by atoms with Crippen molar-refractivity contribution >= 4 is 17.7 Å². The standard InChI is InChI=1S/C15H20N2O4/c1-11-15(2,8-9-21-11)16-14(20)17(10-13(18)19)12-6-4-3-5-7-12/h3-7,11H,8-10H2,1-2H3,(H,16,20)(H,18,19). The summed E-state index contributed by atoms with van der Waals surface area (Å²) in [6.45, 7) is 4.01. The number of benzene rings is 1. The third kappa shape index (κ3) is 3.52. The minimum Gasteiger partial charge on any atom is -0.480 e. The quantitative estimate of drug-likeness (QED) is 0.887. The van der Waals surface area contributed by atoms with Gasteiger partial charge in [-0.2, -0.15) is 0 Å². The van der Waals surface area contributed by atoms with Crippen LogP contribution in [0.25, 0.3) is 0 Å². The molecule has 21 heavy (non-hydrogen) atoms. The van der Waals surface area contributed by atoms with Gasteiger partial charge in [0.25, 0.3) is 0 Å². The predicted octanol–water partition coefficient (Wildman–Crippen LogP) is 1.85. The van der Waals surface area contributed by atoms with Gasteiger partial charge in [-0.05, 0) is 32.4 Å². The molecule has 0 spiro atoms. The number of anilines is 1. The van der Waals surface area contributed by atoms with Crippen molar-refractivity contribution in [3.05, 3.63) is 30.3 Å². The molecule has 2 atom stereocenters. The van der Waals surface area contributed by atoms with Gasteiger partial charge >= 0.3 is 12.0 Å². The van der Waals surface area contributed by atoms with Crippen LogP contribution in [-0.4, -0.2) is 41.9 Å². The molecule has 114 valence electrons. The van der Waals surface area contributed by atoms with Crippen molar-refractivity contribution in [3.8, 4) is 0 Å². The topological polar surface area (TPSA) is 78.9 Å². The largest absolute Gasteiger partial charge is 0.480 e. The molecule has 0 radical (unpaired) electrons. The minimum absolute atomic E-state index is 0.107. The fraction of sp³-hybridized carbons (Fsp3) is 0.467. The summed E-state index contributed by atoms with van der Waals surface area (Å²) in [5.41, 5.74) is 0.0652. The number of amides is 2. The predicted molar refractivity (Wildman–Crippen MR) is 78.4 cm³/mol. The van der Waals surface area contributed by atoms with E-state index in [1.165, 1.54) is 4.90 Å². The fourth-order valence-corrected chi connectivity index (χ4v) is 2.33. The van der Waals surface area contributed by atoms with E-state index in [2.05, 4.69) is 5.32 Å². The Bertz CT molecular complexity index is 520. The molecule has 0 aromatic heterocycles. The van der Waals surface area contributed by atoms with Crippen molar-refractivity contribution in [3.63, 3.8) is 0 Å². The first kappa shape index (κ1) is 15.3. The first-order valence-electron chi connectivity index (χ1n) is 6.90. The first-order valence-corrected chi connectivity index (χ1v) is 6.90. The van der Waals surface area contributed by atoms with Crippen molar-refractivity contribution in [2.45, 2.75) is 31.9 Å². The number of aliphatic carboxylic acids is 1. The Morgan fingerprint density at radius 3 is 2.62 bits per heavy atom. The lowest BCUT2D eigenvalue weighted by Crippen LogP contribution is -2.56. The van der Waals surface area contributed by atoms with E-state index in [4.69, 9.17) is 9.84 Å². The highest BCUT2D eigenvalue weighted by Crippen LogP contribution is 2.26. The van der Waals surface area contributed by atoms with E-state index < -0.39 is 17.5 Å². The highest BCUT2D eigenvalue weighted by Gasteiger charge is 2.39. The van der Waals surface area contributed by atoms with Gasteiger partial charge in [-0.15, -0.1) is 0 Å². The van der Waals surface area contributed by atoms with E-state index in [1.807, 2.05) is 19.9 Å². The zero-order chi connectivity index (χ0) is 15.5. The van der Waals surface area contributed by atoms with Gasteiger partial charge in [0, 0.05) is 12.3 Å². The molecule has 2 amide bonds. The zero-order valence-corrected chi connectivity index (χ0v) is 12.2. The van der Waals surface area contributed by atoms with E-state index >= 15 is 0 Å². The highest BCUT2D eigenvalue weighted by atomic mass is 16.5. The van der Waals surface area contributed by atoms with Gasteiger partial charge in [-0.25, -0.2) is 4.79 Å². The number of para-hydroxylation sites is 1. The molecule has 6 heteroatoms. The maximum absolute atomic E-state index is 12.5. The number of ether oxygens (including phenoxy) is 1. The summed E-state index contributed by atoms with van der Waals surface area (Å²) in [4.78, 5) is 24.7. The Kier molecular flexibility index (Phi) is 4.47. The maximum Gasteiger partial charge on any atom is 0.323 e. The highest BCUT2D eigenvalue weighted by molar-refractivity contribution is 5.96. The molecule has 2 rings (SSSR count). The Labute approximate surface area is 123 Å². The summed E-state index contributed by atoms with van der Waals surface area (Å²) >= 11 is 0. The molecule has 1 aromatic carbocycles. The average Bonchev–Trinajstić information content (AvgIpc) is 2.76. The second-order valence-corrected chi connectivity index (χ2v) is 5.43. The van der Waals surface area contributed by atoms with Crippen molar-refractivity contribution in [2.24, 2.45) is 0 Å². The molecule has 0 saturated carbocycles. The van der Waals surface area contributed by atoms with Crippen LogP contribution >= 0.6 is 0 Å². The minimum atomic E-state index is -1.06. The summed E-state index contributed by atoms with van der Waals surface area (Å²) in [5.74, 6) is -1.06. The number of carbonyl (C=O) groups is 2. The van der Waals surface area contributed by atoms with Crippen molar-refractivity contribution in [2.75, 3.05) is 18.1 Å². The second-order valence-electron chi connectivity index (χ2n) is 5.43. The summed E-state index contributed by atoms with van der Waals surface area (Å²) in [7, 11) is 0. The molecular weight excluding hydrogens is 272 g/mol. The molecule has 1 saturated heterocycles. The number of nitrogens with zero attached hydrogens (tertiary/aromatic N) is 1. The van der Waals surface area contributed by atoms with Crippen LogP contribution in [0.3, 0.4) is 0 Å². The molecule has 2 unspecified atom stereocenters. The number of carboxylic acids is 1. The van der Waals surface area contributed by atoms with Gasteiger partial charge in [0.2, 0.25) is 0 Å². The number of nitrogens with one attached hydrogen (secondary N) is 1. The molecular formula is C15H20N2O4. The molecule has 2 N–H and O–H groups in total. The van der Waals surface area contributed by atoms with Crippen LogP contribution in [0.2, 0.25) is 0 Å². The van der Waals surface area contributed by atoms with Gasteiger partial charge in [0.15, 0.2) is 0 Å². The van der Waals surface area contributed by atoms with E-state index in [1.54, 1.807) is 24.3 Å². The number of hydrogen-bond acceptors (Lipinski definition) is 3. The SMILES string of the molecule is CC1OCCC1(C)NC(=O)N(CC(=O)O)c1ccccc1. The van der Waals surface area contributed by atoms with E-state index in [9.17, 15) is 9.59 Å². The molecule has 6 nitrogen and oxygen atoms in total. The molecule has 0 aliphatic carbocycles. The Morgan fingerprint density at radius 1 is 1.43 bits per heavy atom. The number of hydrogen-bond donors (Lipinski definition) is 2. The third-order valence-corrected chi connectivity index (χ3v) is 3.89. The lowest BCUT2D eigenvalue weighted by atomic mass is 9.95. The lowest BCUT2D eigenvalue weighted by molar-refractivity contribution is -0.135. The van der Waals surface area contributed by atoms with E-state index in [-0.39, 0.29) is 12.6 Å². The van der Waals surface area contributed by atoms with Crippen LogP contribution in [0.15, 0.2) is 30.3 Å². The molecule has 0 bridgehead atoms. The van der Waals surface area contributed by atoms with Crippen LogP contribution in [0.5, 0.6) is 0 Å². The van der Waals surface area contributed by atoms with Gasteiger partial charge in [-0.3, -0.25) is 9.69 Å². The van der Waals surface area contributed by atoms with Crippen LogP contribution < -0.4 is 10.2 Å². The van der Waals surface area contributed by atoms with Gasteiger partial charge in [0.1, 0.15) is 6.54 Å². The Hall–Kier alpha value is -2.08. The van der Waals surface area contributed by atoms with E-state index in [0.717, 1.165) is 0 Å². The number of carboxylic acid groups (broad SMARTS) is 1. The van der Waals surface area contributed by atoms with Crippen LogP contribution in [-0.2, 0) is 9.53 Å². The summed E-state index contributed by atoms with van der Waals surface area (Å²) in [5, 5.41) is 11.9. The van der Waals surface area contributed by atoms with Gasteiger partial charge < -0.3 is 15.2 Å². The van der Waals surface area contributed by atoms with Crippen LogP contribution in [0, 0.1) is 0 Å². The van der Waals surface area contributed by atoms with Crippen molar-refractivity contribution < 1.29 is 19.4 Å². The van der Waals surface area contributed by atoms with Crippen LogP contribution in [0.4, 0.5) is 10.5 Å². The molecule has 1 heterocycles.